The van der Waals surface area contributed by atoms with Gasteiger partial charge in [0.25, 0.3) is 0 Å². The molecular formula is C13H26N2O2. The fourth-order valence-electron chi connectivity index (χ4n) is 3.15. The van der Waals surface area contributed by atoms with Crippen LogP contribution in [0.1, 0.15) is 32.6 Å². The number of hydrogen-bond donors (Lipinski definition) is 2. The van der Waals surface area contributed by atoms with Crippen LogP contribution < -0.4 is 5.32 Å². The summed E-state index contributed by atoms with van der Waals surface area (Å²) in [5, 5.41) is 12.6. The fourth-order valence-corrected chi connectivity index (χ4v) is 3.15. The minimum absolute atomic E-state index is 0.0215. The molecule has 2 atom stereocenters. The molecule has 2 rings (SSSR count). The van der Waals surface area contributed by atoms with Crippen molar-refractivity contribution in [3.05, 3.63) is 0 Å². The van der Waals surface area contributed by atoms with Gasteiger partial charge in [-0.05, 0) is 39.7 Å². The molecule has 0 radical (unpaired) electrons. The molecule has 1 aliphatic heterocycles. The quantitative estimate of drug-likeness (QED) is 0.761. The first kappa shape index (κ1) is 13.3. The van der Waals surface area contributed by atoms with Gasteiger partial charge >= 0.3 is 0 Å². The number of ether oxygens (including phenoxy) is 1. The van der Waals surface area contributed by atoms with E-state index < -0.39 is 0 Å². The maximum atomic E-state index is 9.21. The topological polar surface area (TPSA) is 44.7 Å². The summed E-state index contributed by atoms with van der Waals surface area (Å²) in [6.07, 6.45) is 5.11. The summed E-state index contributed by atoms with van der Waals surface area (Å²) in [5.74, 6) is 0. The van der Waals surface area contributed by atoms with Gasteiger partial charge in [-0.2, -0.15) is 0 Å². The average Bonchev–Trinajstić information content (AvgIpc) is 2.39. The zero-order valence-electron chi connectivity index (χ0n) is 11.1. The largest absolute Gasteiger partial charge is 0.394 e. The first-order valence-corrected chi connectivity index (χ1v) is 6.90. The van der Waals surface area contributed by atoms with E-state index >= 15 is 0 Å². The lowest BCUT2D eigenvalue weighted by Gasteiger charge is -2.44. The monoisotopic (exact) mass is 242 g/mol. The van der Waals surface area contributed by atoms with Gasteiger partial charge in [-0.25, -0.2) is 0 Å². The van der Waals surface area contributed by atoms with Crippen LogP contribution in [0, 0.1) is 0 Å². The SMILES string of the molecule is CNC1CCC(N2CC(CO)OCC2C)CC1. The van der Waals surface area contributed by atoms with Crippen molar-refractivity contribution in [2.24, 2.45) is 0 Å². The molecule has 0 aromatic carbocycles. The molecule has 0 aromatic rings. The van der Waals surface area contributed by atoms with Crippen molar-refractivity contribution in [3.8, 4) is 0 Å². The van der Waals surface area contributed by atoms with Crippen LogP contribution >= 0.6 is 0 Å². The van der Waals surface area contributed by atoms with Crippen molar-refractivity contribution in [1.82, 2.24) is 10.2 Å². The van der Waals surface area contributed by atoms with Crippen LogP contribution in [0.15, 0.2) is 0 Å². The number of nitrogens with one attached hydrogen (secondary N) is 1. The Morgan fingerprint density at radius 1 is 1.29 bits per heavy atom. The molecular weight excluding hydrogens is 216 g/mol. The normalized spacial score (nSPS) is 40.4. The van der Waals surface area contributed by atoms with Crippen LogP contribution in [-0.2, 0) is 4.74 Å². The predicted molar refractivity (Wildman–Crippen MR) is 68.1 cm³/mol. The van der Waals surface area contributed by atoms with Gasteiger partial charge in [0, 0.05) is 24.7 Å². The Morgan fingerprint density at radius 2 is 2.00 bits per heavy atom. The maximum absolute atomic E-state index is 9.21. The number of hydrogen-bond acceptors (Lipinski definition) is 4. The van der Waals surface area contributed by atoms with Crippen LogP contribution in [0.25, 0.3) is 0 Å². The van der Waals surface area contributed by atoms with E-state index in [2.05, 4.69) is 24.2 Å². The number of nitrogens with zero attached hydrogens (tertiary/aromatic N) is 1. The lowest BCUT2D eigenvalue weighted by molar-refractivity contribution is -0.0955. The number of aliphatic hydroxyl groups is 1. The smallest absolute Gasteiger partial charge is 0.0933 e. The molecule has 0 spiro atoms. The Labute approximate surface area is 104 Å². The Bertz CT molecular complexity index is 229. The van der Waals surface area contributed by atoms with Gasteiger partial charge in [0.05, 0.1) is 19.3 Å². The van der Waals surface area contributed by atoms with Crippen molar-refractivity contribution < 1.29 is 9.84 Å². The first-order chi connectivity index (χ1) is 8.24. The molecule has 1 heterocycles. The zero-order chi connectivity index (χ0) is 12.3. The molecule has 4 nitrogen and oxygen atoms in total. The number of rotatable bonds is 3. The van der Waals surface area contributed by atoms with Gasteiger partial charge in [-0.15, -0.1) is 0 Å². The second-order valence-corrected chi connectivity index (χ2v) is 5.48. The highest BCUT2D eigenvalue weighted by Gasteiger charge is 2.33. The van der Waals surface area contributed by atoms with Gasteiger partial charge in [-0.1, -0.05) is 0 Å². The predicted octanol–water partition coefficient (Wildman–Crippen LogP) is 0.599. The van der Waals surface area contributed by atoms with Crippen molar-refractivity contribution in [2.45, 2.75) is 56.8 Å². The molecule has 0 bridgehead atoms. The molecule has 100 valence electrons. The molecule has 1 saturated heterocycles. The summed E-state index contributed by atoms with van der Waals surface area (Å²) in [5.41, 5.74) is 0. The van der Waals surface area contributed by atoms with Crippen LogP contribution in [0.5, 0.6) is 0 Å². The molecule has 4 heteroatoms. The molecule has 0 amide bonds. The van der Waals surface area contributed by atoms with E-state index in [-0.39, 0.29) is 12.7 Å². The molecule has 1 aliphatic carbocycles. The molecule has 0 aromatic heterocycles. The van der Waals surface area contributed by atoms with E-state index in [0.717, 1.165) is 13.2 Å². The van der Waals surface area contributed by atoms with Gasteiger partial charge in [0.1, 0.15) is 0 Å². The van der Waals surface area contributed by atoms with E-state index in [0.29, 0.717) is 18.1 Å². The molecule has 2 fully saturated rings. The van der Waals surface area contributed by atoms with Gasteiger partial charge in [0.2, 0.25) is 0 Å². The van der Waals surface area contributed by atoms with E-state index in [4.69, 9.17) is 4.74 Å². The summed E-state index contributed by atoms with van der Waals surface area (Å²) in [6, 6.07) is 1.89. The molecule has 2 aliphatic rings. The highest BCUT2D eigenvalue weighted by Crippen LogP contribution is 2.26. The standard InChI is InChI=1S/C13H26N2O2/c1-10-9-17-13(8-16)7-15(10)12-5-3-11(14-2)4-6-12/h10-14,16H,3-9H2,1-2H3. The van der Waals surface area contributed by atoms with Crippen molar-refractivity contribution in [1.29, 1.82) is 0 Å². The summed E-state index contributed by atoms with van der Waals surface area (Å²) in [6.45, 7) is 4.04. The number of morpholine rings is 1. The third kappa shape index (κ3) is 3.19. The number of aliphatic hydroxyl groups excluding tert-OH is 1. The van der Waals surface area contributed by atoms with Crippen molar-refractivity contribution >= 4 is 0 Å². The minimum atomic E-state index is 0.0215. The second-order valence-electron chi connectivity index (χ2n) is 5.48. The van der Waals surface area contributed by atoms with Gasteiger partial charge in [-0.3, -0.25) is 4.90 Å². The Hall–Kier alpha value is -0.160. The van der Waals surface area contributed by atoms with Crippen LogP contribution in [0.4, 0.5) is 0 Å². The Balaban J connectivity index is 1.87. The third-order valence-corrected chi connectivity index (χ3v) is 4.33. The van der Waals surface area contributed by atoms with Crippen molar-refractivity contribution in [2.75, 3.05) is 26.8 Å². The lowest BCUT2D eigenvalue weighted by Crippen LogP contribution is -2.55. The molecule has 2 N–H and O–H groups in total. The highest BCUT2D eigenvalue weighted by molar-refractivity contribution is 4.87. The molecule has 17 heavy (non-hydrogen) atoms. The summed E-state index contributed by atoms with van der Waals surface area (Å²) in [7, 11) is 2.06. The lowest BCUT2D eigenvalue weighted by atomic mass is 9.89. The first-order valence-electron chi connectivity index (χ1n) is 6.90. The fraction of sp³-hybridized carbons (Fsp3) is 1.00. The zero-order valence-corrected chi connectivity index (χ0v) is 11.1. The van der Waals surface area contributed by atoms with E-state index in [1.54, 1.807) is 0 Å². The van der Waals surface area contributed by atoms with Gasteiger partial charge in [0.15, 0.2) is 0 Å². The maximum Gasteiger partial charge on any atom is 0.0933 e. The summed E-state index contributed by atoms with van der Waals surface area (Å²) >= 11 is 0. The van der Waals surface area contributed by atoms with E-state index in [9.17, 15) is 5.11 Å². The average molecular weight is 242 g/mol. The van der Waals surface area contributed by atoms with Crippen LogP contribution in [0.2, 0.25) is 0 Å². The second kappa shape index (κ2) is 6.14. The summed E-state index contributed by atoms with van der Waals surface area (Å²) in [4.78, 5) is 2.55. The van der Waals surface area contributed by atoms with Crippen molar-refractivity contribution in [3.63, 3.8) is 0 Å². The third-order valence-electron chi connectivity index (χ3n) is 4.33. The van der Waals surface area contributed by atoms with Crippen LogP contribution in [0.3, 0.4) is 0 Å². The van der Waals surface area contributed by atoms with E-state index in [1.165, 1.54) is 25.7 Å². The Morgan fingerprint density at radius 3 is 2.59 bits per heavy atom. The minimum Gasteiger partial charge on any atom is -0.394 e. The van der Waals surface area contributed by atoms with E-state index in [1.807, 2.05) is 0 Å². The Kier molecular flexibility index (Phi) is 4.79. The van der Waals surface area contributed by atoms with Crippen LogP contribution in [-0.4, -0.2) is 61.0 Å². The molecule has 1 saturated carbocycles. The summed E-state index contributed by atoms with van der Waals surface area (Å²) < 4.78 is 5.60. The highest BCUT2D eigenvalue weighted by atomic mass is 16.5. The molecule has 2 unspecified atom stereocenters. The van der Waals surface area contributed by atoms with Gasteiger partial charge < -0.3 is 15.2 Å².